The zero-order chi connectivity index (χ0) is 17.8. The summed E-state index contributed by atoms with van der Waals surface area (Å²) >= 11 is 0. The Balaban J connectivity index is 1.70. The van der Waals surface area contributed by atoms with Crippen LogP contribution in [-0.2, 0) is 9.59 Å². The summed E-state index contributed by atoms with van der Waals surface area (Å²) in [6, 6.07) is 10.4. The van der Waals surface area contributed by atoms with Crippen LogP contribution in [0.2, 0.25) is 0 Å². The summed E-state index contributed by atoms with van der Waals surface area (Å²) in [4.78, 5) is 23.2. The molecule has 1 heterocycles. The molecule has 1 atom stereocenters. The maximum Gasteiger partial charge on any atom is 0.246 e. The fourth-order valence-corrected chi connectivity index (χ4v) is 2.52. The van der Waals surface area contributed by atoms with E-state index in [-0.39, 0.29) is 23.3 Å². The largest absolute Gasteiger partial charge is 0.493 e. The highest BCUT2D eigenvalue weighted by Gasteiger charge is 2.27. The van der Waals surface area contributed by atoms with Crippen LogP contribution in [0.15, 0.2) is 42.5 Å². The third-order valence-electron chi connectivity index (χ3n) is 3.80. The van der Waals surface area contributed by atoms with Gasteiger partial charge in [0, 0.05) is 18.2 Å². The van der Waals surface area contributed by atoms with E-state index in [0.29, 0.717) is 24.3 Å². The van der Waals surface area contributed by atoms with Crippen LogP contribution in [0, 0.1) is 5.82 Å². The first-order chi connectivity index (χ1) is 12.1. The molecule has 2 amide bonds. The second kappa shape index (κ2) is 7.21. The van der Waals surface area contributed by atoms with Gasteiger partial charge in [0.2, 0.25) is 11.8 Å². The molecular weight excluding hydrogens is 327 g/mol. The summed E-state index contributed by atoms with van der Waals surface area (Å²) in [6.45, 7) is 0. The van der Waals surface area contributed by atoms with E-state index in [1.165, 1.54) is 25.3 Å². The fraction of sp³-hybridized carbons (Fsp3) is 0.222. The lowest BCUT2D eigenvalue weighted by Crippen LogP contribution is -2.37. The predicted molar refractivity (Wildman–Crippen MR) is 89.3 cm³/mol. The first-order valence-electron chi connectivity index (χ1n) is 7.77. The number of anilines is 1. The number of hydrogen-bond acceptors (Lipinski definition) is 4. The van der Waals surface area contributed by atoms with Gasteiger partial charge in [0.25, 0.3) is 0 Å². The number of nitrogens with one attached hydrogen (secondary N) is 2. The third kappa shape index (κ3) is 3.88. The van der Waals surface area contributed by atoms with Crippen LogP contribution in [0.5, 0.6) is 17.2 Å². The summed E-state index contributed by atoms with van der Waals surface area (Å²) in [6.07, 6.45) is 0.750. The molecule has 0 aliphatic carbocycles. The first kappa shape index (κ1) is 16.8. The molecule has 130 valence electrons. The van der Waals surface area contributed by atoms with Crippen molar-refractivity contribution in [3.05, 3.63) is 48.3 Å². The van der Waals surface area contributed by atoms with E-state index in [4.69, 9.17) is 9.47 Å². The van der Waals surface area contributed by atoms with Gasteiger partial charge in [0.1, 0.15) is 6.04 Å². The van der Waals surface area contributed by atoms with Gasteiger partial charge in [-0.15, -0.1) is 0 Å². The Morgan fingerprint density at radius 3 is 2.60 bits per heavy atom. The van der Waals surface area contributed by atoms with Gasteiger partial charge in [-0.1, -0.05) is 12.1 Å². The van der Waals surface area contributed by atoms with Gasteiger partial charge in [-0.3, -0.25) is 9.59 Å². The Labute approximate surface area is 143 Å². The van der Waals surface area contributed by atoms with E-state index in [0.717, 1.165) is 0 Å². The molecular formula is C18H17FN2O4. The molecule has 0 spiro atoms. The van der Waals surface area contributed by atoms with Gasteiger partial charge in [-0.05, 0) is 30.7 Å². The Morgan fingerprint density at radius 1 is 1.20 bits per heavy atom. The predicted octanol–water partition coefficient (Wildman–Crippen LogP) is 2.84. The summed E-state index contributed by atoms with van der Waals surface area (Å²) in [5.41, 5.74) is 0.288. The molecule has 1 aliphatic heterocycles. The number of methoxy groups -OCH3 is 1. The van der Waals surface area contributed by atoms with Crippen molar-refractivity contribution in [3.8, 4) is 17.2 Å². The molecule has 2 N–H and O–H groups in total. The van der Waals surface area contributed by atoms with E-state index in [1.54, 1.807) is 24.3 Å². The maximum absolute atomic E-state index is 14.3. The number of halogens is 1. The quantitative estimate of drug-likeness (QED) is 0.874. The normalized spacial score (nSPS) is 16.2. The van der Waals surface area contributed by atoms with E-state index in [9.17, 15) is 14.0 Å². The number of carbonyl (C=O) groups excluding carboxylic acids is 2. The van der Waals surface area contributed by atoms with Crippen LogP contribution in [0.4, 0.5) is 10.1 Å². The number of ether oxygens (including phenoxy) is 2. The minimum atomic E-state index is -0.626. The highest BCUT2D eigenvalue weighted by molar-refractivity contribution is 5.99. The molecule has 1 saturated heterocycles. The van der Waals surface area contributed by atoms with Crippen molar-refractivity contribution in [2.24, 2.45) is 0 Å². The lowest BCUT2D eigenvalue weighted by atomic mass is 10.2. The summed E-state index contributed by atoms with van der Waals surface area (Å²) < 4.78 is 25.0. The van der Waals surface area contributed by atoms with E-state index < -0.39 is 11.9 Å². The molecule has 6 nitrogen and oxygen atoms in total. The van der Waals surface area contributed by atoms with Crippen LogP contribution >= 0.6 is 0 Å². The number of rotatable bonds is 5. The lowest BCUT2D eigenvalue weighted by molar-refractivity contribution is -0.122. The van der Waals surface area contributed by atoms with Gasteiger partial charge in [0.15, 0.2) is 23.1 Å². The molecule has 1 fully saturated rings. The van der Waals surface area contributed by atoms with Crippen molar-refractivity contribution in [3.63, 3.8) is 0 Å². The standard InChI is InChI=1S/C18H17FN2O4/c1-24-15-4-2-3-5-16(15)25-14-8-6-11(10-12(14)19)20-18(23)13-7-9-17(22)21-13/h2-6,8,10,13H,7,9H2,1H3,(H,20,23)(H,21,22)/t13-/m1/s1. The van der Waals surface area contributed by atoms with Gasteiger partial charge < -0.3 is 20.1 Å². The monoisotopic (exact) mass is 344 g/mol. The molecule has 0 radical (unpaired) electrons. The SMILES string of the molecule is COc1ccccc1Oc1ccc(NC(=O)[C@H]2CCC(=O)N2)cc1F. The highest BCUT2D eigenvalue weighted by Crippen LogP contribution is 2.33. The summed E-state index contributed by atoms with van der Waals surface area (Å²) in [7, 11) is 1.50. The number of hydrogen-bond donors (Lipinski definition) is 2. The second-order valence-electron chi connectivity index (χ2n) is 5.55. The summed E-state index contributed by atoms with van der Waals surface area (Å²) in [5, 5.41) is 5.15. The molecule has 2 aromatic rings. The highest BCUT2D eigenvalue weighted by atomic mass is 19.1. The average Bonchev–Trinajstić information content (AvgIpc) is 3.04. The van der Waals surface area contributed by atoms with Crippen molar-refractivity contribution in [1.82, 2.24) is 5.32 Å². The minimum absolute atomic E-state index is 0.0108. The average molecular weight is 344 g/mol. The van der Waals surface area contributed by atoms with Crippen molar-refractivity contribution in [2.45, 2.75) is 18.9 Å². The van der Waals surface area contributed by atoms with Crippen molar-refractivity contribution >= 4 is 17.5 Å². The van der Waals surface area contributed by atoms with Crippen LogP contribution in [0.3, 0.4) is 0 Å². The maximum atomic E-state index is 14.3. The Bertz CT molecular complexity index is 809. The zero-order valence-electron chi connectivity index (χ0n) is 13.5. The van der Waals surface area contributed by atoms with E-state index in [1.807, 2.05) is 0 Å². The van der Waals surface area contributed by atoms with Crippen LogP contribution in [-0.4, -0.2) is 25.0 Å². The summed E-state index contributed by atoms with van der Waals surface area (Å²) in [5.74, 6) is -0.281. The molecule has 0 unspecified atom stereocenters. The fourth-order valence-electron chi connectivity index (χ4n) is 2.52. The Hall–Kier alpha value is -3.09. The van der Waals surface area contributed by atoms with Crippen molar-refractivity contribution in [2.75, 3.05) is 12.4 Å². The van der Waals surface area contributed by atoms with Crippen LogP contribution < -0.4 is 20.1 Å². The molecule has 7 heteroatoms. The minimum Gasteiger partial charge on any atom is -0.493 e. The molecule has 0 aromatic heterocycles. The topological polar surface area (TPSA) is 76.7 Å². The molecule has 0 saturated carbocycles. The van der Waals surface area contributed by atoms with Gasteiger partial charge in [0.05, 0.1) is 7.11 Å². The molecule has 2 aromatic carbocycles. The molecule has 1 aliphatic rings. The molecule has 0 bridgehead atoms. The second-order valence-corrected chi connectivity index (χ2v) is 5.55. The molecule has 25 heavy (non-hydrogen) atoms. The molecule has 3 rings (SSSR count). The first-order valence-corrected chi connectivity index (χ1v) is 7.77. The van der Waals surface area contributed by atoms with Crippen LogP contribution in [0.1, 0.15) is 12.8 Å². The van der Waals surface area contributed by atoms with Crippen LogP contribution in [0.25, 0.3) is 0 Å². The Kier molecular flexibility index (Phi) is 4.83. The Morgan fingerprint density at radius 2 is 1.96 bits per heavy atom. The number of para-hydroxylation sites is 2. The van der Waals surface area contributed by atoms with Gasteiger partial charge in [-0.2, -0.15) is 0 Å². The number of amides is 2. The smallest absolute Gasteiger partial charge is 0.246 e. The third-order valence-corrected chi connectivity index (χ3v) is 3.80. The lowest BCUT2D eigenvalue weighted by Gasteiger charge is -2.13. The van der Waals surface area contributed by atoms with E-state index in [2.05, 4.69) is 10.6 Å². The zero-order valence-corrected chi connectivity index (χ0v) is 13.5. The number of carbonyl (C=O) groups is 2. The van der Waals surface area contributed by atoms with E-state index >= 15 is 0 Å². The van der Waals surface area contributed by atoms with Gasteiger partial charge in [-0.25, -0.2) is 4.39 Å². The van der Waals surface area contributed by atoms with Gasteiger partial charge >= 0.3 is 0 Å². The van der Waals surface area contributed by atoms with Crippen molar-refractivity contribution in [1.29, 1.82) is 0 Å². The van der Waals surface area contributed by atoms with Crippen molar-refractivity contribution < 1.29 is 23.5 Å². The number of benzene rings is 2.